The van der Waals surface area contributed by atoms with Crippen molar-refractivity contribution in [2.75, 3.05) is 91.9 Å². The standard InChI is InChI=1S/C23H48N4O2/c1-22(2)6-5-10-27(13-12-26-16-20-29-21-17-26)23(3,4)7-8-24-9-11-25-14-18-28-19-15-25/h22,24H,5-21H2,1-4H3. The van der Waals surface area contributed by atoms with Gasteiger partial charge >= 0.3 is 0 Å². The molecule has 2 aliphatic rings. The molecule has 172 valence electrons. The molecule has 2 fully saturated rings. The fourth-order valence-electron chi connectivity index (χ4n) is 4.23. The van der Waals surface area contributed by atoms with Crippen molar-refractivity contribution in [1.82, 2.24) is 20.0 Å². The van der Waals surface area contributed by atoms with Crippen molar-refractivity contribution in [3.8, 4) is 0 Å². The van der Waals surface area contributed by atoms with E-state index in [2.05, 4.69) is 47.7 Å². The number of nitrogens with zero attached hydrogens (tertiary/aromatic N) is 3. The number of hydrogen-bond donors (Lipinski definition) is 1. The Balaban J connectivity index is 1.71. The summed E-state index contributed by atoms with van der Waals surface area (Å²) in [7, 11) is 0. The predicted molar refractivity (Wildman–Crippen MR) is 122 cm³/mol. The summed E-state index contributed by atoms with van der Waals surface area (Å²) < 4.78 is 10.9. The van der Waals surface area contributed by atoms with E-state index in [0.29, 0.717) is 0 Å². The van der Waals surface area contributed by atoms with Crippen LogP contribution in [0.1, 0.15) is 47.0 Å². The maximum atomic E-state index is 5.51. The van der Waals surface area contributed by atoms with E-state index in [1.165, 1.54) is 38.9 Å². The summed E-state index contributed by atoms with van der Waals surface area (Å²) in [5.41, 5.74) is 0.231. The molecule has 0 spiro atoms. The van der Waals surface area contributed by atoms with Crippen molar-refractivity contribution >= 4 is 0 Å². The second-order valence-electron chi connectivity index (χ2n) is 9.74. The molecule has 0 radical (unpaired) electrons. The van der Waals surface area contributed by atoms with Gasteiger partial charge in [-0.15, -0.1) is 0 Å². The lowest BCUT2D eigenvalue weighted by Crippen LogP contribution is -2.50. The van der Waals surface area contributed by atoms with E-state index >= 15 is 0 Å². The van der Waals surface area contributed by atoms with Crippen LogP contribution in [0.25, 0.3) is 0 Å². The Kier molecular flexibility index (Phi) is 12.0. The van der Waals surface area contributed by atoms with Gasteiger partial charge in [-0.05, 0) is 52.1 Å². The summed E-state index contributed by atoms with van der Waals surface area (Å²) in [5.74, 6) is 0.793. The molecule has 0 aliphatic carbocycles. The monoisotopic (exact) mass is 412 g/mol. The van der Waals surface area contributed by atoms with Crippen LogP contribution in [0.2, 0.25) is 0 Å². The number of hydrogen-bond acceptors (Lipinski definition) is 6. The van der Waals surface area contributed by atoms with Crippen LogP contribution in [0.5, 0.6) is 0 Å². The van der Waals surface area contributed by atoms with Crippen LogP contribution in [0.4, 0.5) is 0 Å². The summed E-state index contributed by atoms with van der Waals surface area (Å²) in [4.78, 5) is 7.81. The average molecular weight is 413 g/mol. The van der Waals surface area contributed by atoms with Gasteiger partial charge in [-0.1, -0.05) is 13.8 Å². The van der Waals surface area contributed by atoms with E-state index in [1.54, 1.807) is 0 Å². The Morgan fingerprint density at radius 3 is 2.03 bits per heavy atom. The van der Waals surface area contributed by atoms with E-state index in [-0.39, 0.29) is 5.54 Å². The van der Waals surface area contributed by atoms with Crippen LogP contribution in [0.15, 0.2) is 0 Å². The van der Waals surface area contributed by atoms with Crippen LogP contribution in [0.3, 0.4) is 0 Å². The van der Waals surface area contributed by atoms with Crippen molar-refractivity contribution in [3.63, 3.8) is 0 Å². The molecule has 6 heteroatoms. The van der Waals surface area contributed by atoms with Gasteiger partial charge in [0.15, 0.2) is 0 Å². The smallest absolute Gasteiger partial charge is 0.0594 e. The van der Waals surface area contributed by atoms with E-state index < -0.39 is 0 Å². The van der Waals surface area contributed by atoms with Crippen molar-refractivity contribution in [3.05, 3.63) is 0 Å². The zero-order chi connectivity index (χ0) is 21.0. The molecule has 0 aromatic carbocycles. The normalized spacial score (nSPS) is 20.1. The largest absolute Gasteiger partial charge is 0.379 e. The third kappa shape index (κ3) is 10.6. The van der Waals surface area contributed by atoms with Crippen molar-refractivity contribution in [2.24, 2.45) is 5.92 Å². The maximum Gasteiger partial charge on any atom is 0.0594 e. The topological polar surface area (TPSA) is 40.2 Å². The average Bonchev–Trinajstić information content (AvgIpc) is 2.71. The van der Waals surface area contributed by atoms with E-state index in [9.17, 15) is 0 Å². The summed E-state index contributed by atoms with van der Waals surface area (Å²) in [6.45, 7) is 24.3. The first kappa shape index (κ1) is 25.0. The molecule has 2 rings (SSSR count). The third-order valence-electron chi connectivity index (χ3n) is 6.48. The van der Waals surface area contributed by atoms with E-state index in [0.717, 1.165) is 78.2 Å². The van der Waals surface area contributed by atoms with Gasteiger partial charge < -0.3 is 14.8 Å². The van der Waals surface area contributed by atoms with E-state index in [4.69, 9.17) is 9.47 Å². The minimum Gasteiger partial charge on any atom is -0.379 e. The van der Waals surface area contributed by atoms with Crippen LogP contribution >= 0.6 is 0 Å². The molecule has 0 bridgehead atoms. The molecule has 1 N–H and O–H groups in total. The summed E-state index contributed by atoms with van der Waals surface area (Å²) in [6, 6.07) is 0. The van der Waals surface area contributed by atoms with Crippen molar-refractivity contribution < 1.29 is 9.47 Å². The Labute approximate surface area is 180 Å². The molecule has 0 aromatic heterocycles. The molecule has 29 heavy (non-hydrogen) atoms. The molecule has 6 nitrogen and oxygen atoms in total. The highest BCUT2D eigenvalue weighted by atomic mass is 16.5. The fourth-order valence-corrected chi connectivity index (χ4v) is 4.23. The number of rotatable bonds is 14. The molecular weight excluding hydrogens is 364 g/mol. The van der Waals surface area contributed by atoms with Gasteiger partial charge in [-0.2, -0.15) is 0 Å². The van der Waals surface area contributed by atoms with Gasteiger partial charge in [-0.3, -0.25) is 14.7 Å². The Bertz CT molecular complexity index is 408. The summed E-state index contributed by atoms with van der Waals surface area (Å²) in [5, 5.41) is 3.69. The van der Waals surface area contributed by atoms with Gasteiger partial charge in [0.2, 0.25) is 0 Å². The number of morpholine rings is 2. The Morgan fingerprint density at radius 1 is 0.862 bits per heavy atom. The predicted octanol–water partition coefficient (Wildman–Crippen LogP) is 2.15. The SMILES string of the molecule is CC(C)CCCN(CCN1CCOCC1)C(C)(C)CCNCCN1CCOCC1. The first-order chi connectivity index (χ1) is 14.0. The molecule has 0 aromatic rings. The molecule has 0 saturated carbocycles. The van der Waals surface area contributed by atoms with Crippen LogP contribution in [-0.2, 0) is 9.47 Å². The van der Waals surface area contributed by atoms with Gasteiger partial charge in [-0.25, -0.2) is 0 Å². The van der Waals surface area contributed by atoms with Crippen LogP contribution in [-0.4, -0.2) is 112 Å². The fraction of sp³-hybridized carbons (Fsp3) is 1.00. The highest BCUT2D eigenvalue weighted by Gasteiger charge is 2.26. The summed E-state index contributed by atoms with van der Waals surface area (Å²) >= 11 is 0. The van der Waals surface area contributed by atoms with E-state index in [1.807, 2.05) is 0 Å². The zero-order valence-electron chi connectivity index (χ0n) is 19.8. The lowest BCUT2D eigenvalue weighted by Gasteiger charge is -2.41. The highest BCUT2D eigenvalue weighted by molar-refractivity contribution is 4.83. The first-order valence-electron chi connectivity index (χ1n) is 12.0. The van der Waals surface area contributed by atoms with Gasteiger partial charge in [0.1, 0.15) is 0 Å². The highest BCUT2D eigenvalue weighted by Crippen LogP contribution is 2.20. The molecule has 0 amide bonds. The van der Waals surface area contributed by atoms with Gasteiger partial charge in [0.05, 0.1) is 26.4 Å². The molecule has 2 aliphatic heterocycles. The number of ether oxygens (including phenoxy) is 2. The van der Waals surface area contributed by atoms with Crippen molar-refractivity contribution in [2.45, 2.75) is 52.5 Å². The van der Waals surface area contributed by atoms with Crippen LogP contribution < -0.4 is 5.32 Å². The molecule has 0 atom stereocenters. The lowest BCUT2D eigenvalue weighted by molar-refractivity contribution is 0.0235. The molecule has 0 unspecified atom stereocenters. The van der Waals surface area contributed by atoms with Crippen molar-refractivity contribution in [1.29, 1.82) is 0 Å². The minimum absolute atomic E-state index is 0.231. The second kappa shape index (κ2) is 13.9. The summed E-state index contributed by atoms with van der Waals surface area (Å²) in [6.07, 6.45) is 3.82. The van der Waals surface area contributed by atoms with Gasteiger partial charge in [0.25, 0.3) is 0 Å². The minimum atomic E-state index is 0.231. The van der Waals surface area contributed by atoms with Gasteiger partial charge in [0, 0.05) is 57.9 Å². The molecule has 2 saturated heterocycles. The zero-order valence-corrected chi connectivity index (χ0v) is 19.8. The maximum absolute atomic E-state index is 5.51. The van der Waals surface area contributed by atoms with Crippen LogP contribution in [0, 0.1) is 5.92 Å². The Hall–Kier alpha value is -0.240. The first-order valence-corrected chi connectivity index (χ1v) is 12.0. The molecule has 2 heterocycles. The third-order valence-corrected chi connectivity index (χ3v) is 6.48. The lowest BCUT2D eigenvalue weighted by atomic mass is 9.96. The second-order valence-corrected chi connectivity index (χ2v) is 9.74. The molecular formula is C23H48N4O2. The Morgan fingerprint density at radius 2 is 1.45 bits per heavy atom. The quantitative estimate of drug-likeness (QED) is 0.441. The number of nitrogens with one attached hydrogen (secondary N) is 1.